The van der Waals surface area contributed by atoms with Gasteiger partial charge in [0.25, 0.3) is 0 Å². The molecule has 0 fully saturated rings. The van der Waals surface area contributed by atoms with E-state index in [0.717, 1.165) is 12.1 Å². The van der Waals surface area contributed by atoms with Gasteiger partial charge in [0.15, 0.2) is 0 Å². The first-order valence-electron chi connectivity index (χ1n) is 7.48. The van der Waals surface area contributed by atoms with Crippen LogP contribution < -0.4 is 0 Å². The highest BCUT2D eigenvalue weighted by atomic mass is 19.4. The van der Waals surface area contributed by atoms with Gasteiger partial charge in [0.2, 0.25) is 0 Å². The molecule has 0 aromatic heterocycles. The van der Waals surface area contributed by atoms with Crippen LogP contribution in [0.15, 0.2) is 23.2 Å². The normalized spacial score (nSPS) is 29.7. The summed E-state index contributed by atoms with van der Waals surface area (Å²) < 4.78 is 53.7. The predicted octanol–water partition coefficient (Wildman–Crippen LogP) is 4.02. The fourth-order valence-corrected chi connectivity index (χ4v) is 3.39. The van der Waals surface area contributed by atoms with Crippen molar-refractivity contribution in [3.63, 3.8) is 0 Å². The molecule has 25 heavy (non-hydrogen) atoms. The summed E-state index contributed by atoms with van der Waals surface area (Å²) in [7, 11) is 0. The second-order valence-electron chi connectivity index (χ2n) is 6.35. The van der Waals surface area contributed by atoms with Crippen LogP contribution in [-0.4, -0.2) is 22.8 Å². The average molecular weight is 356 g/mol. The van der Waals surface area contributed by atoms with Crippen molar-refractivity contribution in [3.05, 3.63) is 35.1 Å². The molecule has 1 aliphatic rings. The molecule has 1 heterocycles. The molecule has 4 nitrogen and oxygen atoms in total. The molecule has 1 aromatic rings. The summed E-state index contributed by atoms with van der Waals surface area (Å²) in [6.07, 6.45) is -4.89. The minimum Gasteiger partial charge on any atom is -0.481 e. The molecule has 1 aromatic carbocycles. The predicted molar refractivity (Wildman–Crippen MR) is 81.6 cm³/mol. The maximum atomic E-state index is 13.4. The lowest BCUT2D eigenvalue weighted by molar-refractivity contribution is -0.152. The summed E-state index contributed by atoms with van der Waals surface area (Å²) >= 11 is 0. The van der Waals surface area contributed by atoms with Gasteiger partial charge in [-0.05, 0) is 38.5 Å². The third-order valence-electron chi connectivity index (χ3n) is 4.95. The van der Waals surface area contributed by atoms with Gasteiger partial charge in [-0.1, -0.05) is 6.07 Å². The Kier molecular flexibility index (Phi) is 4.64. The van der Waals surface area contributed by atoms with Gasteiger partial charge in [0.1, 0.15) is 5.82 Å². The number of aliphatic carboxylic acids is 1. The topological polar surface area (TPSA) is 73.4 Å². The number of nitriles is 1. The van der Waals surface area contributed by atoms with Crippen molar-refractivity contribution >= 4 is 11.7 Å². The lowest BCUT2D eigenvalue weighted by Crippen LogP contribution is -2.50. The van der Waals surface area contributed by atoms with Gasteiger partial charge in [-0.15, -0.1) is 0 Å². The lowest BCUT2D eigenvalue weighted by Gasteiger charge is -2.44. The summed E-state index contributed by atoms with van der Waals surface area (Å²) in [6, 6.07) is 3.10. The minimum atomic E-state index is -4.89. The van der Waals surface area contributed by atoms with E-state index in [4.69, 9.17) is 0 Å². The first kappa shape index (κ1) is 18.9. The van der Waals surface area contributed by atoms with E-state index >= 15 is 0 Å². The van der Waals surface area contributed by atoms with Crippen LogP contribution in [0.1, 0.15) is 37.8 Å². The molecular formula is C17H16F4N2O2. The zero-order valence-corrected chi connectivity index (χ0v) is 13.7. The second kappa shape index (κ2) is 6.14. The Morgan fingerprint density at radius 1 is 1.40 bits per heavy atom. The van der Waals surface area contributed by atoms with E-state index in [1.165, 1.54) is 20.8 Å². The number of carboxylic acids is 1. The van der Waals surface area contributed by atoms with Gasteiger partial charge in [0.05, 0.1) is 29.0 Å². The standard InChI is InChI=1S/C17H16F4N2O2/c1-8-12(7-22)14(16(3,15(24)25)9(2)23-8)11-5-4-10(18)6-13(11)17(19,20)21/h4-6,9,12,14H,1-3H3,(H,24,25). The number of carbonyl (C=O) groups is 1. The van der Waals surface area contributed by atoms with Crippen LogP contribution in [0.25, 0.3) is 0 Å². The number of hydrogen-bond acceptors (Lipinski definition) is 3. The number of benzene rings is 1. The van der Waals surface area contributed by atoms with Crippen LogP contribution in [0.4, 0.5) is 17.6 Å². The number of carboxylic acid groups (broad SMARTS) is 1. The molecule has 8 heteroatoms. The Hall–Kier alpha value is -2.43. The van der Waals surface area contributed by atoms with Crippen molar-refractivity contribution < 1.29 is 27.5 Å². The molecule has 2 rings (SSSR count). The molecule has 0 saturated heterocycles. The highest BCUT2D eigenvalue weighted by Gasteiger charge is 2.55. The quantitative estimate of drug-likeness (QED) is 0.814. The van der Waals surface area contributed by atoms with Crippen LogP contribution >= 0.6 is 0 Å². The molecule has 0 aliphatic carbocycles. The van der Waals surface area contributed by atoms with Gasteiger partial charge in [-0.3, -0.25) is 9.79 Å². The zero-order valence-electron chi connectivity index (χ0n) is 13.7. The third-order valence-corrected chi connectivity index (χ3v) is 4.95. The summed E-state index contributed by atoms with van der Waals surface area (Å²) in [4.78, 5) is 16.1. The molecule has 0 amide bonds. The van der Waals surface area contributed by atoms with Crippen LogP contribution in [0, 0.1) is 28.5 Å². The molecular weight excluding hydrogens is 340 g/mol. The molecule has 0 radical (unpaired) electrons. The Balaban J connectivity index is 2.84. The fourth-order valence-electron chi connectivity index (χ4n) is 3.39. The van der Waals surface area contributed by atoms with Gasteiger partial charge in [-0.25, -0.2) is 4.39 Å². The van der Waals surface area contributed by atoms with Crippen LogP contribution in [0.2, 0.25) is 0 Å². The number of hydrogen-bond donors (Lipinski definition) is 1. The average Bonchev–Trinajstić information content (AvgIpc) is 2.49. The van der Waals surface area contributed by atoms with Gasteiger partial charge >= 0.3 is 12.1 Å². The molecule has 1 N–H and O–H groups in total. The van der Waals surface area contributed by atoms with Crippen LogP contribution in [0.5, 0.6) is 0 Å². The van der Waals surface area contributed by atoms with Crippen molar-refractivity contribution in [2.45, 2.75) is 38.9 Å². The second-order valence-corrected chi connectivity index (χ2v) is 6.35. The first-order chi connectivity index (χ1) is 11.4. The Morgan fingerprint density at radius 2 is 2.00 bits per heavy atom. The van der Waals surface area contributed by atoms with Crippen molar-refractivity contribution in [1.29, 1.82) is 5.26 Å². The molecule has 4 atom stereocenters. The van der Waals surface area contributed by atoms with Crippen LogP contribution in [0.3, 0.4) is 0 Å². The van der Waals surface area contributed by atoms with Gasteiger partial charge in [0, 0.05) is 11.6 Å². The Morgan fingerprint density at radius 3 is 2.48 bits per heavy atom. The number of halogens is 4. The summed E-state index contributed by atoms with van der Waals surface area (Å²) in [5.41, 5.74) is -3.17. The maximum absolute atomic E-state index is 13.4. The Bertz CT molecular complexity index is 782. The molecule has 134 valence electrons. The lowest BCUT2D eigenvalue weighted by atomic mass is 9.60. The number of aliphatic imine (C=N–C) groups is 1. The van der Waals surface area contributed by atoms with E-state index in [-0.39, 0.29) is 5.71 Å². The summed E-state index contributed by atoms with van der Waals surface area (Å²) in [6.45, 7) is 4.24. The molecule has 1 aliphatic heterocycles. The maximum Gasteiger partial charge on any atom is 0.416 e. The Labute approximate surface area is 141 Å². The smallest absolute Gasteiger partial charge is 0.416 e. The zero-order chi connectivity index (χ0) is 19.2. The number of nitrogens with zero attached hydrogens (tertiary/aromatic N) is 2. The van der Waals surface area contributed by atoms with E-state index in [2.05, 4.69) is 4.99 Å². The monoisotopic (exact) mass is 356 g/mol. The van der Waals surface area contributed by atoms with Crippen LogP contribution in [-0.2, 0) is 11.0 Å². The van der Waals surface area contributed by atoms with E-state index in [1.807, 2.05) is 6.07 Å². The first-order valence-corrected chi connectivity index (χ1v) is 7.48. The van der Waals surface area contributed by atoms with Crippen molar-refractivity contribution in [2.75, 3.05) is 0 Å². The van der Waals surface area contributed by atoms with E-state index < -0.39 is 52.4 Å². The number of rotatable bonds is 2. The third kappa shape index (κ3) is 2.99. The van der Waals surface area contributed by atoms with Crippen molar-refractivity contribution in [3.8, 4) is 6.07 Å². The van der Waals surface area contributed by atoms with E-state index in [0.29, 0.717) is 6.07 Å². The van der Waals surface area contributed by atoms with Crippen molar-refractivity contribution in [2.24, 2.45) is 16.3 Å². The largest absolute Gasteiger partial charge is 0.481 e. The molecule has 0 spiro atoms. The minimum absolute atomic E-state index is 0.260. The van der Waals surface area contributed by atoms with E-state index in [1.54, 1.807) is 0 Å². The molecule has 4 unspecified atom stereocenters. The fraction of sp³-hybridized carbons (Fsp3) is 0.471. The summed E-state index contributed by atoms with van der Waals surface area (Å²) in [5.74, 6) is -4.93. The van der Waals surface area contributed by atoms with Gasteiger partial charge < -0.3 is 5.11 Å². The van der Waals surface area contributed by atoms with Gasteiger partial charge in [-0.2, -0.15) is 18.4 Å². The van der Waals surface area contributed by atoms with Crippen molar-refractivity contribution in [1.82, 2.24) is 0 Å². The molecule has 0 saturated carbocycles. The van der Waals surface area contributed by atoms with E-state index in [9.17, 15) is 32.7 Å². The molecule has 0 bridgehead atoms. The highest BCUT2D eigenvalue weighted by molar-refractivity contribution is 5.91. The SMILES string of the molecule is CC1=NC(C)C(C)(C(=O)O)C(c2ccc(F)cc2C(F)(F)F)C1C#N. The number of alkyl halides is 3. The summed E-state index contributed by atoms with van der Waals surface area (Å²) in [5, 5.41) is 19.2. The highest BCUT2D eigenvalue weighted by Crippen LogP contribution is 2.51.